The van der Waals surface area contributed by atoms with Gasteiger partial charge in [0.05, 0.1) is 20.3 Å². The monoisotopic (exact) mass is 1270 g/mol. The van der Waals surface area contributed by atoms with Gasteiger partial charge in [-0.25, -0.2) is 9.97 Å². The number of alkyl halides is 6. The lowest BCUT2D eigenvalue weighted by Crippen LogP contribution is -2.44. The number of hydrogen-bond acceptors (Lipinski definition) is 10. The first kappa shape index (κ1) is 63.0. The first-order valence-corrected chi connectivity index (χ1v) is 28.4. The summed E-state index contributed by atoms with van der Waals surface area (Å²) in [6.45, 7) is 14.1. The van der Waals surface area contributed by atoms with Gasteiger partial charge in [-0.05, 0) is 135 Å². The number of nitrogens with one attached hydrogen (secondary N) is 2. The van der Waals surface area contributed by atoms with Gasteiger partial charge in [0.2, 0.25) is 0 Å². The summed E-state index contributed by atoms with van der Waals surface area (Å²) in [6.07, 6.45) is -3.63. The van der Waals surface area contributed by atoms with Crippen molar-refractivity contribution in [1.29, 1.82) is 0 Å². The number of benzene rings is 6. The zero-order valence-electron chi connectivity index (χ0n) is 48.0. The molecule has 6 aromatic carbocycles. The second-order valence-electron chi connectivity index (χ2n) is 21.2. The van der Waals surface area contributed by atoms with E-state index < -0.39 is 35.3 Å². The Kier molecular flexibility index (Phi) is 20.2. The number of nitrogen functional groups attached to an aromatic ring is 2. The molecule has 4 heterocycles. The Morgan fingerprint density at radius 1 is 0.553 bits per heavy atom. The van der Waals surface area contributed by atoms with E-state index in [4.69, 9.17) is 17.9 Å². The Bertz CT molecular complexity index is 3890. The van der Waals surface area contributed by atoms with Crippen LogP contribution >= 0.6 is 22.6 Å². The maximum absolute atomic E-state index is 14.0. The number of carbonyl (C=O) groups is 2. The van der Waals surface area contributed by atoms with E-state index >= 15 is 0 Å². The largest absolute Gasteiger partial charge is 0.416 e. The molecule has 0 radical (unpaired) electrons. The lowest BCUT2D eigenvalue weighted by atomic mass is 10.0. The Morgan fingerprint density at radius 3 is 1.42 bits per heavy atom. The molecule has 2 saturated heterocycles. The van der Waals surface area contributed by atoms with E-state index in [-0.39, 0.29) is 41.2 Å². The summed E-state index contributed by atoms with van der Waals surface area (Å²) in [4.78, 5) is 42.7. The third kappa shape index (κ3) is 16.0. The minimum Gasteiger partial charge on any atom is -0.383 e. The van der Waals surface area contributed by atoms with Gasteiger partial charge in [-0.2, -0.15) is 26.3 Å². The number of carbonyl (C=O) groups excluding carboxylic acids is 2. The fourth-order valence-electron chi connectivity index (χ4n) is 9.96. The van der Waals surface area contributed by atoms with E-state index in [9.17, 15) is 35.9 Å². The molecule has 0 spiro atoms. The average Bonchev–Trinajstić information content (AvgIpc) is 3.48. The highest BCUT2D eigenvalue weighted by atomic mass is 127. The van der Waals surface area contributed by atoms with Crippen LogP contribution in [0, 0.1) is 55.4 Å². The van der Waals surface area contributed by atoms with Crippen molar-refractivity contribution in [3.05, 3.63) is 197 Å². The first-order chi connectivity index (χ1) is 40.4. The zero-order valence-corrected chi connectivity index (χ0v) is 50.2. The molecule has 10 rings (SSSR count). The molecule has 2 aromatic heterocycles. The Morgan fingerprint density at radius 2 is 0.965 bits per heavy atom. The summed E-state index contributed by atoms with van der Waals surface area (Å²) in [6, 6.07) is 33.7. The molecule has 0 unspecified atom stereocenters. The zero-order chi connectivity index (χ0) is 61.3. The van der Waals surface area contributed by atoms with Crippen LogP contribution in [0.1, 0.15) is 82.2 Å². The summed E-state index contributed by atoms with van der Waals surface area (Å²) in [5, 5.41) is 9.39. The number of pyridine rings is 2. The number of nitrogens with zero attached hydrogens (tertiary/aromatic N) is 6. The number of rotatable bonds is 8. The number of aromatic nitrogens is 2. The fourth-order valence-corrected chi connectivity index (χ4v) is 10.6. The van der Waals surface area contributed by atoms with E-state index in [1.54, 1.807) is 36.4 Å². The molecular weight excluding hydrogens is 1210 g/mol. The molecule has 2 fully saturated rings. The Labute approximate surface area is 505 Å². The minimum atomic E-state index is -4.55. The van der Waals surface area contributed by atoms with Gasteiger partial charge in [-0.1, -0.05) is 90.6 Å². The van der Waals surface area contributed by atoms with Crippen molar-refractivity contribution in [1.82, 2.24) is 29.6 Å². The summed E-state index contributed by atoms with van der Waals surface area (Å²) < 4.78 is 84.1. The molecule has 2 aliphatic heterocycles. The number of fused-ring (bicyclic) bond motifs is 2. The van der Waals surface area contributed by atoms with Crippen molar-refractivity contribution in [2.45, 2.75) is 53.1 Å². The summed E-state index contributed by atoms with van der Waals surface area (Å²) in [5.74, 6) is 8.64. The molecule has 12 nitrogen and oxygen atoms in total. The first-order valence-electron chi connectivity index (χ1n) is 27.4. The lowest BCUT2D eigenvalue weighted by Gasteiger charge is -2.33. The molecule has 6 N–H and O–H groups in total. The summed E-state index contributed by atoms with van der Waals surface area (Å²) in [5.41, 5.74) is 16.9. The number of piperazine rings is 2. The fraction of sp³-hybridized carbons (Fsp3) is 0.273. The molecule has 8 aromatic rings. The van der Waals surface area contributed by atoms with Crippen LogP contribution in [0.3, 0.4) is 0 Å². The molecule has 440 valence electrons. The molecule has 19 heteroatoms. The molecule has 0 atom stereocenters. The number of nitrogens with two attached hydrogens (primary N) is 2. The van der Waals surface area contributed by atoms with E-state index in [2.05, 4.69) is 82.9 Å². The third-order valence-corrected chi connectivity index (χ3v) is 16.1. The molecule has 0 saturated carbocycles. The van der Waals surface area contributed by atoms with Crippen LogP contribution in [-0.2, 0) is 25.4 Å². The normalized spacial score (nSPS) is 14.3. The number of terminal acetylenes is 1. The van der Waals surface area contributed by atoms with E-state index in [0.29, 0.717) is 47.0 Å². The van der Waals surface area contributed by atoms with Gasteiger partial charge in [0.15, 0.2) is 0 Å². The van der Waals surface area contributed by atoms with Gasteiger partial charge in [-0.15, -0.1) is 6.42 Å². The van der Waals surface area contributed by atoms with Crippen LogP contribution in [0.4, 0.5) is 49.4 Å². The molecule has 0 aliphatic carbocycles. The number of anilines is 4. The van der Waals surface area contributed by atoms with Crippen molar-refractivity contribution in [2.24, 2.45) is 0 Å². The van der Waals surface area contributed by atoms with Gasteiger partial charge >= 0.3 is 12.4 Å². The van der Waals surface area contributed by atoms with Crippen LogP contribution in [0.2, 0.25) is 0 Å². The van der Waals surface area contributed by atoms with Gasteiger partial charge in [-0.3, -0.25) is 19.4 Å². The van der Waals surface area contributed by atoms with Crippen LogP contribution < -0.4 is 22.1 Å². The van der Waals surface area contributed by atoms with Gasteiger partial charge < -0.3 is 31.9 Å². The van der Waals surface area contributed by atoms with E-state index in [1.807, 2.05) is 88.0 Å². The van der Waals surface area contributed by atoms with Crippen LogP contribution in [0.25, 0.3) is 21.5 Å². The quantitative estimate of drug-likeness (QED) is 0.0658. The number of aryl methyl sites for hydroxylation is 4. The number of amides is 2. The van der Waals surface area contributed by atoms with Crippen molar-refractivity contribution < 1.29 is 35.9 Å². The molecular formula is C66H65F6IN10O2. The third-order valence-electron chi connectivity index (χ3n) is 15.0. The van der Waals surface area contributed by atoms with Gasteiger partial charge in [0.1, 0.15) is 11.6 Å². The second-order valence-corrected chi connectivity index (χ2v) is 22.3. The minimum absolute atomic E-state index is 0.0765. The molecule has 0 bridgehead atoms. The van der Waals surface area contributed by atoms with Crippen molar-refractivity contribution in [2.75, 3.05) is 88.6 Å². The SMILES string of the molecule is C#Cc1cc(C(=O)Nc2ccc(CN3CCN(C)CC3)c(C(F)(F)F)c2)ccc1C.Cc1ccc(C(=O)Nc2ccc(CN3CCN(C)CC3)c(C(F)(F)F)c2)cc1C#Cc1c(N)nc(C)c2ccccc12.Cc1nc(N)c(I)c2ccccc12. The van der Waals surface area contributed by atoms with Crippen LogP contribution in [0.5, 0.6) is 0 Å². The van der Waals surface area contributed by atoms with Gasteiger partial charge in [0.25, 0.3) is 11.8 Å². The lowest BCUT2D eigenvalue weighted by molar-refractivity contribution is -0.139. The maximum Gasteiger partial charge on any atom is 0.416 e. The van der Waals surface area contributed by atoms with Crippen LogP contribution in [-0.4, -0.2) is 108 Å². The summed E-state index contributed by atoms with van der Waals surface area (Å²) >= 11 is 2.23. The second kappa shape index (κ2) is 27.3. The predicted molar refractivity (Wildman–Crippen MR) is 335 cm³/mol. The average molecular weight is 1270 g/mol. The van der Waals surface area contributed by atoms with Crippen molar-refractivity contribution in [3.63, 3.8) is 0 Å². The van der Waals surface area contributed by atoms with Crippen LogP contribution in [0.15, 0.2) is 121 Å². The van der Waals surface area contributed by atoms with Crippen molar-refractivity contribution >= 4 is 79.0 Å². The van der Waals surface area contributed by atoms with Gasteiger partial charge in [0, 0.05) is 132 Å². The molecule has 2 amide bonds. The van der Waals surface area contributed by atoms with Crippen molar-refractivity contribution in [3.8, 4) is 24.2 Å². The maximum atomic E-state index is 14.0. The standard InChI is InChI=1S/C33H32F3N5O.C23H24F3N3O.C10H9IN2/c1-21-8-9-24(18-23(21)11-13-29-28-7-5-4-6-27(28)22(2)38-31(29)37)32(42)39-26-12-10-25(30(19-26)33(34,35)36)20-41-16-14-40(3)15-17-41;1-4-17-13-18(6-5-16(17)2)22(30)27-20-8-7-19(21(14-20)23(24,25)26)15-29-11-9-28(3)10-12-29;1-6-7-4-2-3-5-8(7)9(11)10(12)13-6/h4-10,12,18-19H,14-17,20H2,1-3H3,(H2,37,38)(H,39,42);1,5-8,13-14H,9-12,15H2,2-3H3,(H,27,30);2-5H,1H3,(H2,12,13). The number of halogens is 7. The molecule has 85 heavy (non-hydrogen) atoms. The smallest absolute Gasteiger partial charge is 0.383 e. The van der Waals surface area contributed by atoms with E-state index in [0.717, 1.165) is 88.3 Å². The highest BCUT2D eigenvalue weighted by Gasteiger charge is 2.36. The predicted octanol–water partition coefficient (Wildman–Crippen LogP) is 12.6. The summed E-state index contributed by atoms with van der Waals surface area (Å²) in [7, 11) is 4.00. The van der Waals surface area contributed by atoms with E-state index in [1.165, 1.54) is 35.0 Å². The Balaban J connectivity index is 0.000000189. The highest BCUT2D eigenvalue weighted by molar-refractivity contribution is 14.1. The molecule has 2 aliphatic rings. The number of hydrogen-bond donors (Lipinski definition) is 4. The topological polar surface area (TPSA) is 149 Å². The highest BCUT2D eigenvalue weighted by Crippen LogP contribution is 2.37. The Hall–Kier alpha value is -8.05. The number of likely N-dealkylation sites (N-methyl/N-ethyl adjacent to an activating group) is 2.